The number of aryl methyl sites for hydroxylation is 1. The smallest absolute Gasteiger partial charge is 0.266 e. The molecule has 8 heteroatoms. The first-order valence-electron chi connectivity index (χ1n) is 9.75. The molecule has 0 fully saturated rings. The summed E-state index contributed by atoms with van der Waals surface area (Å²) in [6, 6.07) is 13.5. The van der Waals surface area contributed by atoms with Crippen LogP contribution in [0.5, 0.6) is 0 Å². The number of hydrogen-bond acceptors (Lipinski definition) is 5. The molecule has 0 spiro atoms. The second kappa shape index (κ2) is 7.90. The lowest BCUT2D eigenvalue weighted by Gasteiger charge is -2.26. The quantitative estimate of drug-likeness (QED) is 0.395. The van der Waals surface area contributed by atoms with Gasteiger partial charge < -0.3 is 9.42 Å². The number of carbonyl (C=O) groups is 1. The van der Waals surface area contributed by atoms with Gasteiger partial charge in [-0.3, -0.25) is 4.79 Å². The molecule has 5 nitrogen and oxygen atoms in total. The van der Waals surface area contributed by atoms with Gasteiger partial charge in [-0.1, -0.05) is 16.8 Å². The van der Waals surface area contributed by atoms with E-state index in [9.17, 15) is 9.18 Å². The minimum absolute atomic E-state index is 0.0720. The molecular weight excluding hydrogens is 437 g/mol. The number of hydrogen-bond donors (Lipinski definition) is 0. The molecule has 0 radical (unpaired) electrons. The normalized spacial score (nSPS) is 13.3. The average Bonchev–Trinajstić information content (AvgIpc) is 3.37. The summed E-state index contributed by atoms with van der Waals surface area (Å²) in [5, 5.41) is 5.55. The number of carbonyl (C=O) groups excluding carboxylic acids is 1. The van der Waals surface area contributed by atoms with Crippen LogP contribution in [-0.4, -0.2) is 27.5 Å². The summed E-state index contributed by atoms with van der Waals surface area (Å²) in [6.07, 6.45) is 0.626. The summed E-state index contributed by atoms with van der Waals surface area (Å²) in [4.78, 5) is 20.2. The molecule has 0 atom stereocenters. The topological polar surface area (TPSA) is 59.2 Å². The highest BCUT2D eigenvalue weighted by Crippen LogP contribution is 2.34. The van der Waals surface area contributed by atoms with Gasteiger partial charge in [0.2, 0.25) is 0 Å². The number of aromatic nitrogens is 2. The van der Waals surface area contributed by atoms with Crippen LogP contribution in [0.4, 0.5) is 4.39 Å². The van der Waals surface area contributed by atoms with Crippen molar-refractivity contribution in [1.29, 1.82) is 0 Å². The van der Waals surface area contributed by atoms with Crippen molar-refractivity contribution in [3.05, 3.63) is 81.2 Å². The Balaban J connectivity index is 1.42. The standard InChI is InChI=1S/C23H17ClFN3O2S/c1-13-21(31-22(26-13)15-4-8-17(25)9-5-15)23(29)28-11-10-19-18(12-28)20(30-27-19)14-2-6-16(24)7-3-14/h2-9H,10-12H2,1H3. The molecule has 1 aliphatic heterocycles. The highest BCUT2D eigenvalue weighted by Gasteiger charge is 2.30. The molecule has 3 heterocycles. The molecule has 0 bridgehead atoms. The van der Waals surface area contributed by atoms with Gasteiger partial charge in [0.05, 0.1) is 17.9 Å². The van der Waals surface area contributed by atoms with E-state index in [0.717, 1.165) is 22.4 Å². The first-order valence-corrected chi connectivity index (χ1v) is 10.9. The number of benzene rings is 2. The van der Waals surface area contributed by atoms with E-state index in [1.807, 2.05) is 19.1 Å². The van der Waals surface area contributed by atoms with Crippen molar-refractivity contribution in [3.63, 3.8) is 0 Å². The fraction of sp³-hybridized carbons (Fsp3) is 0.174. The maximum absolute atomic E-state index is 13.3. The number of amides is 1. The van der Waals surface area contributed by atoms with Crippen molar-refractivity contribution in [1.82, 2.24) is 15.0 Å². The van der Waals surface area contributed by atoms with Crippen LogP contribution in [0.3, 0.4) is 0 Å². The van der Waals surface area contributed by atoms with Crippen molar-refractivity contribution in [3.8, 4) is 21.9 Å². The molecule has 31 heavy (non-hydrogen) atoms. The van der Waals surface area contributed by atoms with Gasteiger partial charge in [0, 0.05) is 34.7 Å². The summed E-state index contributed by atoms with van der Waals surface area (Å²) < 4.78 is 18.8. The molecule has 5 rings (SSSR count). The van der Waals surface area contributed by atoms with Gasteiger partial charge in [0.1, 0.15) is 15.7 Å². The Morgan fingerprint density at radius 1 is 1.13 bits per heavy atom. The Hall–Kier alpha value is -3.03. The summed E-state index contributed by atoms with van der Waals surface area (Å²) in [7, 11) is 0. The number of rotatable bonds is 3. The second-order valence-corrected chi connectivity index (χ2v) is 8.80. The molecule has 156 valence electrons. The lowest BCUT2D eigenvalue weighted by Crippen LogP contribution is -2.35. The van der Waals surface area contributed by atoms with Crippen molar-refractivity contribution >= 4 is 28.8 Å². The van der Waals surface area contributed by atoms with E-state index in [0.29, 0.717) is 45.9 Å². The largest absolute Gasteiger partial charge is 0.356 e. The average molecular weight is 454 g/mol. The minimum atomic E-state index is -0.303. The molecule has 0 N–H and O–H groups in total. The van der Waals surface area contributed by atoms with Crippen LogP contribution in [-0.2, 0) is 13.0 Å². The Morgan fingerprint density at radius 3 is 2.58 bits per heavy atom. The van der Waals surface area contributed by atoms with Gasteiger partial charge in [0.25, 0.3) is 5.91 Å². The Bertz CT molecular complexity index is 1270. The molecule has 0 saturated carbocycles. The third kappa shape index (κ3) is 3.75. The van der Waals surface area contributed by atoms with Crippen LogP contribution in [0, 0.1) is 12.7 Å². The molecule has 0 unspecified atom stereocenters. The molecular formula is C23H17ClFN3O2S. The third-order valence-corrected chi connectivity index (χ3v) is 6.76. The molecule has 2 aromatic carbocycles. The van der Waals surface area contributed by atoms with Crippen LogP contribution in [0.15, 0.2) is 53.1 Å². The SMILES string of the molecule is Cc1nc(-c2ccc(F)cc2)sc1C(=O)N1CCc2noc(-c3ccc(Cl)cc3)c2C1. The highest BCUT2D eigenvalue weighted by atomic mass is 35.5. The monoisotopic (exact) mass is 453 g/mol. The zero-order valence-corrected chi connectivity index (χ0v) is 18.1. The summed E-state index contributed by atoms with van der Waals surface area (Å²) in [5.74, 6) is 0.289. The van der Waals surface area contributed by atoms with Gasteiger partial charge in [-0.25, -0.2) is 9.37 Å². The summed E-state index contributed by atoms with van der Waals surface area (Å²) in [6.45, 7) is 2.80. The molecule has 0 aliphatic carbocycles. The third-order valence-electron chi connectivity index (χ3n) is 5.31. The van der Waals surface area contributed by atoms with Gasteiger partial charge >= 0.3 is 0 Å². The van der Waals surface area contributed by atoms with E-state index in [1.165, 1.54) is 23.5 Å². The number of thiazole rings is 1. The van der Waals surface area contributed by atoms with E-state index in [2.05, 4.69) is 10.1 Å². The first-order chi connectivity index (χ1) is 15.0. The predicted molar refractivity (Wildman–Crippen MR) is 118 cm³/mol. The highest BCUT2D eigenvalue weighted by molar-refractivity contribution is 7.17. The Morgan fingerprint density at radius 2 is 1.84 bits per heavy atom. The minimum Gasteiger partial charge on any atom is -0.356 e. The van der Waals surface area contributed by atoms with Crippen LogP contribution in [0.2, 0.25) is 5.02 Å². The molecule has 2 aromatic heterocycles. The van der Waals surface area contributed by atoms with Crippen LogP contribution in [0.1, 0.15) is 26.6 Å². The molecule has 1 aliphatic rings. The first kappa shape index (κ1) is 19.9. The zero-order chi connectivity index (χ0) is 21.5. The van der Waals surface area contributed by atoms with Crippen molar-refractivity contribution in [2.45, 2.75) is 19.9 Å². The van der Waals surface area contributed by atoms with Crippen LogP contribution in [0.25, 0.3) is 21.9 Å². The van der Waals surface area contributed by atoms with Gasteiger partial charge in [-0.05, 0) is 55.5 Å². The van der Waals surface area contributed by atoms with Gasteiger partial charge in [-0.15, -0.1) is 11.3 Å². The lowest BCUT2D eigenvalue weighted by atomic mass is 10.0. The van der Waals surface area contributed by atoms with E-state index in [4.69, 9.17) is 16.1 Å². The number of halogens is 2. The zero-order valence-electron chi connectivity index (χ0n) is 16.6. The van der Waals surface area contributed by atoms with E-state index < -0.39 is 0 Å². The van der Waals surface area contributed by atoms with E-state index in [1.54, 1.807) is 29.2 Å². The van der Waals surface area contributed by atoms with Crippen molar-refractivity contribution in [2.24, 2.45) is 0 Å². The second-order valence-electron chi connectivity index (χ2n) is 7.36. The maximum atomic E-state index is 13.3. The Labute approximate surface area is 187 Å². The molecule has 0 saturated heterocycles. The van der Waals surface area contributed by atoms with Crippen LogP contribution < -0.4 is 0 Å². The lowest BCUT2D eigenvalue weighted by molar-refractivity contribution is 0.0738. The molecule has 1 amide bonds. The fourth-order valence-corrected chi connectivity index (χ4v) is 4.83. The summed E-state index contributed by atoms with van der Waals surface area (Å²) >= 11 is 7.32. The van der Waals surface area contributed by atoms with E-state index in [-0.39, 0.29) is 11.7 Å². The van der Waals surface area contributed by atoms with Gasteiger partial charge in [-0.2, -0.15) is 0 Å². The Kier molecular flexibility index (Phi) is 5.08. The number of fused-ring (bicyclic) bond motifs is 1. The van der Waals surface area contributed by atoms with Crippen molar-refractivity contribution < 1.29 is 13.7 Å². The van der Waals surface area contributed by atoms with Crippen molar-refractivity contribution in [2.75, 3.05) is 6.54 Å². The van der Waals surface area contributed by atoms with E-state index >= 15 is 0 Å². The molecule has 4 aromatic rings. The number of nitrogens with zero attached hydrogens (tertiary/aromatic N) is 3. The maximum Gasteiger partial charge on any atom is 0.266 e. The van der Waals surface area contributed by atoms with Crippen LogP contribution >= 0.6 is 22.9 Å². The van der Waals surface area contributed by atoms with Gasteiger partial charge in [0.15, 0.2) is 5.76 Å². The predicted octanol–water partition coefficient (Wildman–Crippen LogP) is 5.76. The summed E-state index contributed by atoms with van der Waals surface area (Å²) in [5.41, 5.74) is 4.13. The fourth-order valence-electron chi connectivity index (χ4n) is 3.67.